The highest BCUT2D eigenvalue weighted by Gasteiger charge is 2.11. The summed E-state index contributed by atoms with van der Waals surface area (Å²) >= 11 is 6.05. The van der Waals surface area contributed by atoms with Crippen LogP contribution in [0.5, 0.6) is 0 Å². The minimum absolute atomic E-state index is 0.369. The van der Waals surface area contributed by atoms with Gasteiger partial charge < -0.3 is 10.6 Å². The van der Waals surface area contributed by atoms with Crippen molar-refractivity contribution < 1.29 is 0 Å². The van der Waals surface area contributed by atoms with E-state index in [0.717, 1.165) is 11.5 Å². The molecule has 0 aliphatic rings. The second-order valence-electron chi connectivity index (χ2n) is 3.52. The third-order valence-electron chi connectivity index (χ3n) is 2.20. The normalized spacial score (nSPS) is 10.7. The molecule has 1 rings (SSSR count). The molecule has 14 heavy (non-hydrogen) atoms. The highest BCUT2D eigenvalue weighted by Crippen LogP contribution is 2.23. The van der Waals surface area contributed by atoms with Crippen LogP contribution in [-0.2, 0) is 6.54 Å². The molecule has 0 unspecified atom stereocenters. The molecule has 4 heteroatoms. The Morgan fingerprint density at radius 3 is 2.64 bits per heavy atom. The van der Waals surface area contributed by atoms with E-state index in [0.29, 0.717) is 17.6 Å². The van der Waals surface area contributed by atoms with E-state index < -0.39 is 0 Å². The number of anilines is 1. The second kappa shape index (κ2) is 4.62. The zero-order chi connectivity index (χ0) is 10.7. The molecule has 1 aromatic heterocycles. The van der Waals surface area contributed by atoms with Crippen molar-refractivity contribution in [3.63, 3.8) is 0 Å². The van der Waals surface area contributed by atoms with Gasteiger partial charge >= 0.3 is 0 Å². The van der Waals surface area contributed by atoms with Gasteiger partial charge in [0.15, 0.2) is 0 Å². The first kappa shape index (κ1) is 11.3. The number of rotatable bonds is 3. The number of pyridine rings is 1. The van der Waals surface area contributed by atoms with Crippen molar-refractivity contribution in [2.24, 2.45) is 5.73 Å². The summed E-state index contributed by atoms with van der Waals surface area (Å²) in [5.74, 6) is 0.796. The average molecular weight is 214 g/mol. The van der Waals surface area contributed by atoms with E-state index in [4.69, 9.17) is 17.3 Å². The number of hydrogen-bond donors (Lipinski definition) is 1. The largest absolute Gasteiger partial charge is 0.356 e. The van der Waals surface area contributed by atoms with Crippen molar-refractivity contribution in [2.75, 3.05) is 11.9 Å². The van der Waals surface area contributed by atoms with E-state index in [9.17, 15) is 0 Å². The standard InChI is InChI=1S/C10H16ClN3/c1-7(2)14(3)10-9(11)5-4-8(6-12)13-10/h4-5,7H,6,12H2,1-3H3. The molecular formula is C10H16ClN3. The van der Waals surface area contributed by atoms with Crippen molar-refractivity contribution in [2.45, 2.75) is 26.4 Å². The summed E-state index contributed by atoms with van der Waals surface area (Å²) in [5, 5.41) is 0.665. The molecule has 0 aromatic carbocycles. The van der Waals surface area contributed by atoms with Gasteiger partial charge in [0.1, 0.15) is 5.82 Å². The first-order chi connectivity index (χ1) is 6.56. The number of hydrogen-bond acceptors (Lipinski definition) is 3. The molecule has 0 radical (unpaired) electrons. The highest BCUT2D eigenvalue weighted by molar-refractivity contribution is 6.32. The summed E-state index contributed by atoms with van der Waals surface area (Å²) < 4.78 is 0. The Morgan fingerprint density at radius 1 is 1.50 bits per heavy atom. The molecule has 1 aromatic rings. The fraction of sp³-hybridized carbons (Fsp3) is 0.500. The van der Waals surface area contributed by atoms with Gasteiger partial charge in [0.2, 0.25) is 0 Å². The van der Waals surface area contributed by atoms with Crippen LogP contribution in [0.25, 0.3) is 0 Å². The van der Waals surface area contributed by atoms with Crippen molar-refractivity contribution in [3.05, 3.63) is 22.8 Å². The lowest BCUT2D eigenvalue weighted by Gasteiger charge is -2.23. The number of nitrogens with zero attached hydrogens (tertiary/aromatic N) is 2. The van der Waals surface area contributed by atoms with E-state index in [-0.39, 0.29) is 0 Å². The second-order valence-corrected chi connectivity index (χ2v) is 3.92. The predicted octanol–water partition coefficient (Wildman–Crippen LogP) is 2.04. The lowest BCUT2D eigenvalue weighted by atomic mass is 10.3. The SMILES string of the molecule is CC(C)N(C)c1nc(CN)ccc1Cl. The van der Waals surface area contributed by atoms with Gasteiger partial charge in [0.25, 0.3) is 0 Å². The molecule has 78 valence electrons. The third-order valence-corrected chi connectivity index (χ3v) is 2.50. The minimum Gasteiger partial charge on any atom is -0.356 e. The van der Waals surface area contributed by atoms with Crippen molar-refractivity contribution in [3.8, 4) is 0 Å². The molecular weight excluding hydrogens is 198 g/mol. The maximum atomic E-state index is 6.05. The third kappa shape index (κ3) is 2.36. The van der Waals surface area contributed by atoms with Gasteiger partial charge in [-0.15, -0.1) is 0 Å². The minimum atomic E-state index is 0.369. The molecule has 0 saturated carbocycles. The van der Waals surface area contributed by atoms with Gasteiger partial charge in [0, 0.05) is 19.6 Å². The van der Waals surface area contributed by atoms with Crippen LogP contribution in [0.2, 0.25) is 5.02 Å². The van der Waals surface area contributed by atoms with Crippen LogP contribution < -0.4 is 10.6 Å². The average Bonchev–Trinajstić information content (AvgIpc) is 2.17. The first-order valence-corrected chi connectivity index (χ1v) is 5.02. The van der Waals surface area contributed by atoms with E-state index >= 15 is 0 Å². The molecule has 0 aliphatic heterocycles. The molecule has 0 bridgehead atoms. The Balaban J connectivity index is 3.05. The van der Waals surface area contributed by atoms with Gasteiger partial charge in [-0.25, -0.2) is 4.98 Å². The molecule has 3 nitrogen and oxygen atoms in total. The Morgan fingerprint density at radius 2 is 2.14 bits per heavy atom. The first-order valence-electron chi connectivity index (χ1n) is 4.64. The maximum Gasteiger partial charge on any atom is 0.147 e. The number of halogens is 1. The van der Waals surface area contributed by atoms with Gasteiger partial charge in [-0.2, -0.15) is 0 Å². The Bertz CT molecular complexity index is 312. The van der Waals surface area contributed by atoms with Crippen molar-refractivity contribution in [1.29, 1.82) is 0 Å². The Kier molecular flexibility index (Phi) is 3.72. The smallest absolute Gasteiger partial charge is 0.147 e. The van der Waals surface area contributed by atoms with Crippen LogP contribution in [0.15, 0.2) is 12.1 Å². The van der Waals surface area contributed by atoms with E-state index in [1.54, 1.807) is 0 Å². The Hall–Kier alpha value is -0.800. The molecule has 2 N–H and O–H groups in total. The van der Waals surface area contributed by atoms with Gasteiger partial charge in [-0.05, 0) is 26.0 Å². The fourth-order valence-corrected chi connectivity index (χ4v) is 1.31. The summed E-state index contributed by atoms with van der Waals surface area (Å²) in [4.78, 5) is 6.41. The van der Waals surface area contributed by atoms with Crippen LogP contribution >= 0.6 is 11.6 Å². The Labute approximate surface area is 89.9 Å². The highest BCUT2D eigenvalue weighted by atomic mass is 35.5. The summed E-state index contributed by atoms with van der Waals surface area (Å²) in [6.07, 6.45) is 0. The molecule has 0 saturated heterocycles. The molecule has 0 amide bonds. The molecule has 1 heterocycles. The maximum absolute atomic E-state index is 6.05. The zero-order valence-corrected chi connectivity index (χ0v) is 9.54. The zero-order valence-electron chi connectivity index (χ0n) is 8.79. The molecule has 0 atom stereocenters. The number of aromatic nitrogens is 1. The molecule has 0 spiro atoms. The van der Waals surface area contributed by atoms with E-state index in [2.05, 4.69) is 18.8 Å². The summed E-state index contributed by atoms with van der Waals surface area (Å²) in [6, 6.07) is 4.05. The lowest BCUT2D eigenvalue weighted by Crippen LogP contribution is -2.27. The van der Waals surface area contributed by atoms with Crippen LogP contribution in [0.3, 0.4) is 0 Å². The van der Waals surface area contributed by atoms with Crippen molar-refractivity contribution >= 4 is 17.4 Å². The van der Waals surface area contributed by atoms with Crippen LogP contribution in [0, 0.1) is 0 Å². The predicted molar refractivity (Wildman–Crippen MR) is 60.7 cm³/mol. The topological polar surface area (TPSA) is 42.2 Å². The van der Waals surface area contributed by atoms with E-state index in [1.807, 2.05) is 24.1 Å². The summed E-state index contributed by atoms with van der Waals surface area (Å²) in [5.41, 5.74) is 6.38. The summed E-state index contributed by atoms with van der Waals surface area (Å²) in [6.45, 7) is 4.62. The van der Waals surface area contributed by atoms with Gasteiger partial charge in [0.05, 0.1) is 10.7 Å². The quantitative estimate of drug-likeness (QED) is 0.836. The van der Waals surface area contributed by atoms with Gasteiger partial charge in [-0.3, -0.25) is 0 Å². The number of nitrogens with two attached hydrogens (primary N) is 1. The van der Waals surface area contributed by atoms with Crippen LogP contribution in [0.1, 0.15) is 19.5 Å². The fourth-order valence-electron chi connectivity index (χ4n) is 1.08. The van der Waals surface area contributed by atoms with E-state index in [1.165, 1.54) is 0 Å². The van der Waals surface area contributed by atoms with Crippen molar-refractivity contribution in [1.82, 2.24) is 4.98 Å². The van der Waals surface area contributed by atoms with Crippen LogP contribution in [0.4, 0.5) is 5.82 Å². The monoisotopic (exact) mass is 213 g/mol. The lowest BCUT2D eigenvalue weighted by molar-refractivity contribution is 0.739. The van der Waals surface area contributed by atoms with Gasteiger partial charge in [-0.1, -0.05) is 11.6 Å². The molecule has 0 fully saturated rings. The molecule has 0 aliphatic carbocycles. The van der Waals surface area contributed by atoms with Crippen LogP contribution in [-0.4, -0.2) is 18.1 Å². The summed E-state index contributed by atoms with van der Waals surface area (Å²) in [7, 11) is 1.97.